The molecule has 1 heterocycles. The van der Waals surface area contributed by atoms with Gasteiger partial charge >= 0.3 is 5.97 Å². The highest BCUT2D eigenvalue weighted by Gasteiger charge is 2.30. The van der Waals surface area contributed by atoms with Crippen LogP contribution in [0.5, 0.6) is 0 Å². The lowest BCUT2D eigenvalue weighted by Gasteiger charge is -2.29. The Hall–Kier alpha value is -2.50. The van der Waals surface area contributed by atoms with Gasteiger partial charge in [0.15, 0.2) is 0 Å². The summed E-state index contributed by atoms with van der Waals surface area (Å²) in [6.07, 6.45) is 3.39. The van der Waals surface area contributed by atoms with Gasteiger partial charge in [0.05, 0.1) is 30.6 Å². The molecule has 2 amide bonds. The second-order valence-corrected chi connectivity index (χ2v) is 10.4. The summed E-state index contributed by atoms with van der Waals surface area (Å²) in [5.41, 5.74) is 6.78. The topological polar surface area (TPSA) is 182 Å². The van der Waals surface area contributed by atoms with Gasteiger partial charge in [0.1, 0.15) is 6.04 Å². The summed E-state index contributed by atoms with van der Waals surface area (Å²) >= 11 is 0. The number of aliphatic hydroxyl groups is 1. The molecule has 0 radical (unpaired) electrons. The largest absolute Gasteiger partial charge is 0.480 e. The molecule has 0 saturated carbocycles. The summed E-state index contributed by atoms with van der Waals surface area (Å²) in [4.78, 5) is 43.9. The third kappa shape index (κ3) is 11.2. The highest BCUT2D eigenvalue weighted by Crippen LogP contribution is 2.12. The summed E-state index contributed by atoms with van der Waals surface area (Å²) in [7, 11) is 0. The van der Waals surface area contributed by atoms with Gasteiger partial charge in [-0.15, -0.1) is 0 Å². The monoisotopic (exact) mass is 496 g/mol. The van der Waals surface area contributed by atoms with Gasteiger partial charge in [0.25, 0.3) is 0 Å². The van der Waals surface area contributed by atoms with Crippen molar-refractivity contribution in [2.24, 2.45) is 23.5 Å². The number of amides is 2. The molecule has 0 bridgehead atoms. The van der Waals surface area contributed by atoms with Gasteiger partial charge in [-0.05, 0) is 30.6 Å². The van der Waals surface area contributed by atoms with Gasteiger partial charge in [-0.1, -0.05) is 41.5 Å². The van der Waals surface area contributed by atoms with E-state index in [0.717, 1.165) is 5.69 Å². The summed E-state index contributed by atoms with van der Waals surface area (Å²) in [5, 5.41) is 28.8. The maximum absolute atomic E-state index is 12.9. The average molecular weight is 497 g/mol. The van der Waals surface area contributed by atoms with Crippen molar-refractivity contribution in [3.8, 4) is 0 Å². The molecule has 35 heavy (non-hydrogen) atoms. The van der Waals surface area contributed by atoms with E-state index in [4.69, 9.17) is 5.73 Å². The zero-order valence-corrected chi connectivity index (χ0v) is 21.7. The molecule has 1 aromatic rings. The number of carboxylic acid groups (broad SMARTS) is 1. The van der Waals surface area contributed by atoms with E-state index in [1.807, 2.05) is 27.7 Å². The van der Waals surface area contributed by atoms with Crippen LogP contribution in [-0.4, -0.2) is 74.8 Å². The van der Waals surface area contributed by atoms with Crippen LogP contribution in [0.3, 0.4) is 0 Å². The molecule has 1 rings (SSSR count). The normalized spacial score (nSPS) is 16.1. The second kappa shape index (κ2) is 14.8. The first-order valence-electron chi connectivity index (χ1n) is 12.3. The summed E-state index contributed by atoms with van der Waals surface area (Å²) in [6, 6.07) is -3.08. The number of nitrogens with one attached hydrogen (secondary N) is 4. The summed E-state index contributed by atoms with van der Waals surface area (Å²) in [6.45, 7) is 11.4. The molecule has 5 atom stereocenters. The Bertz CT molecular complexity index is 783. The molecule has 200 valence electrons. The highest BCUT2D eigenvalue weighted by molar-refractivity contribution is 5.87. The number of rotatable bonds is 16. The van der Waals surface area contributed by atoms with Crippen LogP contribution in [0.15, 0.2) is 12.5 Å². The number of carboxylic acids is 1. The summed E-state index contributed by atoms with van der Waals surface area (Å²) in [5.74, 6) is -1.85. The van der Waals surface area contributed by atoms with E-state index in [-0.39, 0.29) is 36.6 Å². The maximum atomic E-state index is 12.9. The molecule has 0 saturated heterocycles. The number of imidazole rings is 1. The molecule has 0 aliphatic heterocycles. The van der Waals surface area contributed by atoms with Crippen LogP contribution in [-0.2, 0) is 20.8 Å². The van der Waals surface area contributed by atoms with Gasteiger partial charge in [-0.2, -0.15) is 0 Å². The molecule has 0 spiro atoms. The Morgan fingerprint density at radius 1 is 1.03 bits per heavy atom. The summed E-state index contributed by atoms with van der Waals surface area (Å²) < 4.78 is 0. The van der Waals surface area contributed by atoms with Crippen LogP contribution in [0.4, 0.5) is 0 Å². The fraction of sp³-hybridized carbons (Fsp3) is 0.750. The highest BCUT2D eigenvalue weighted by atomic mass is 16.4. The minimum absolute atomic E-state index is 0.0394. The number of aliphatic carboxylic acids is 1. The predicted molar refractivity (Wildman–Crippen MR) is 133 cm³/mol. The van der Waals surface area contributed by atoms with E-state index < -0.39 is 42.1 Å². The first-order chi connectivity index (χ1) is 16.3. The number of aliphatic hydroxyl groups excluding tert-OH is 1. The van der Waals surface area contributed by atoms with Crippen molar-refractivity contribution in [1.82, 2.24) is 25.9 Å². The second-order valence-electron chi connectivity index (χ2n) is 10.4. The van der Waals surface area contributed by atoms with Crippen molar-refractivity contribution in [3.05, 3.63) is 18.2 Å². The average Bonchev–Trinajstić information content (AvgIpc) is 3.25. The first kappa shape index (κ1) is 30.5. The van der Waals surface area contributed by atoms with Crippen LogP contribution >= 0.6 is 0 Å². The van der Waals surface area contributed by atoms with Crippen LogP contribution in [0.25, 0.3) is 0 Å². The van der Waals surface area contributed by atoms with Gasteiger partial charge < -0.3 is 36.9 Å². The van der Waals surface area contributed by atoms with Gasteiger partial charge in [0.2, 0.25) is 11.8 Å². The Kier molecular flexibility index (Phi) is 12.9. The van der Waals surface area contributed by atoms with Crippen LogP contribution < -0.4 is 21.7 Å². The third-order valence-corrected chi connectivity index (χ3v) is 5.68. The first-order valence-corrected chi connectivity index (χ1v) is 12.3. The molecular weight excluding hydrogens is 452 g/mol. The number of aromatic nitrogens is 2. The molecule has 0 aromatic carbocycles. The van der Waals surface area contributed by atoms with E-state index in [0.29, 0.717) is 12.8 Å². The standard InChI is InChI=1S/C24H44N6O5/c1-13(2)7-18(29-22(32)17(25)9-16-10-26-12-28-16)20(31)11-27-19(8-14(3)4)23(33)30-21(15(5)6)24(34)35/h10,12-15,17-21,27,31H,7-9,11,25H2,1-6H3,(H,26,28)(H,29,32)(H,30,33)(H,34,35)/t17-,18-,19-,20?,21-/m0/s1. The number of hydrogen-bond acceptors (Lipinski definition) is 7. The third-order valence-electron chi connectivity index (χ3n) is 5.68. The van der Waals surface area contributed by atoms with E-state index in [1.165, 1.54) is 6.33 Å². The van der Waals surface area contributed by atoms with E-state index in [2.05, 4.69) is 25.9 Å². The van der Waals surface area contributed by atoms with Crippen molar-refractivity contribution >= 4 is 17.8 Å². The number of aromatic amines is 1. The number of hydrogen-bond donors (Lipinski definition) is 7. The minimum Gasteiger partial charge on any atom is -0.480 e. The Morgan fingerprint density at radius 3 is 2.14 bits per heavy atom. The zero-order valence-electron chi connectivity index (χ0n) is 21.7. The van der Waals surface area contributed by atoms with Crippen LogP contribution in [0, 0.1) is 17.8 Å². The number of carbonyl (C=O) groups excluding carboxylic acids is 2. The number of carbonyl (C=O) groups is 3. The molecule has 0 aliphatic carbocycles. The molecule has 8 N–H and O–H groups in total. The van der Waals surface area contributed by atoms with E-state index in [1.54, 1.807) is 20.0 Å². The fourth-order valence-electron chi connectivity index (χ4n) is 3.76. The van der Waals surface area contributed by atoms with Crippen LogP contribution in [0.2, 0.25) is 0 Å². The predicted octanol–water partition coefficient (Wildman–Crippen LogP) is 0.401. The lowest BCUT2D eigenvalue weighted by atomic mass is 9.97. The number of H-pyrrole nitrogens is 1. The van der Waals surface area contributed by atoms with Crippen molar-refractivity contribution in [2.45, 2.75) is 91.1 Å². The lowest BCUT2D eigenvalue weighted by molar-refractivity contribution is -0.143. The zero-order chi connectivity index (χ0) is 26.7. The van der Waals surface area contributed by atoms with Crippen molar-refractivity contribution in [1.29, 1.82) is 0 Å². The molecular formula is C24H44N6O5. The van der Waals surface area contributed by atoms with Crippen LogP contribution in [0.1, 0.15) is 60.1 Å². The lowest BCUT2D eigenvalue weighted by Crippen LogP contribution is -2.56. The maximum Gasteiger partial charge on any atom is 0.326 e. The van der Waals surface area contributed by atoms with Gasteiger partial charge in [-0.25, -0.2) is 9.78 Å². The van der Waals surface area contributed by atoms with Crippen molar-refractivity contribution in [3.63, 3.8) is 0 Å². The quantitative estimate of drug-likeness (QED) is 0.172. The smallest absolute Gasteiger partial charge is 0.326 e. The fourth-order valence-corrected chi connectivity index (χ4v) is 3.76. The van der Waals surface area contributed by atoms with E-state index in [9.17, 15) is 24.6 Å². The molecule has 0 fully saturated rings. The Labute approximate surface area is 208 Å². The Morgan fingerprint density at radius 2 is 1.66 bits per heavy atom. The molecule has 1 unspecified atom stereocenters. The van der Waals surface area contributed by atoms with Crippen molar-refractivity contribution < 1.29 is 24.6 Å². The molecule has 1 aromatic heterocycles. The van der Waals surface area contributed by atoms with Gasteiger partial charge in [-0.3, -0.25) is 9.59 Å². The number of nitrogens with two attached hydrogens (primary N) is 1. The van der Waals surface area contributed by atoms with Crippen molar-refractivity contribution in [2.75, 3.05) is 6.54 Å². The van der Waals surface area contributed by atoms with E-state index >= 15 is 0 Å². The van der Waals surface area contributed by atoms with Gasteiger partial charge in [0, 0.05) is 24.9 Å². The minimum atomic E-state index is -1.09. The SMILES string of the molecule is CC(C)C[C@H](NCC(O)[C@H](CC(C)C)NC(=O)[C@@H](N)Cc1cnc[nH]1)C(=O)N[C@H](C(=O)O)C(C)C. The molecule has 11 nitrogen and oxygen atoms in total. The Balaban J connectivity index is 2.83. The number of nitrogens with zero attached hydrogens (tertiary/aromatic N) is 1. The molecule has 0 aliphatic rings. The molecule has 11 heteroatoms.